The number of hydrogen-bond acceptors (Lipinski definition) is 3. The Labute approximate surface area is 162 Å². The Balaban J connectivity index is 1.54. The van der Waals surface area contributed by atoms with Crippen molar-refractivity contribution >= 4 is 5.91 Å². The number of nitrogens with zero attached hydrogens (tertiary/aromatic N) is 1. The number of likely N-dealkylation sites (tertiary alicyclic amines) is 1. The van der Waals surface area contributed by atoms with E-state index in [1.165, 1.54) is 6.42 Å². The maximum absolute atomic E-state index is 12.4. The van der Waals surface area contributed by atoms with Crippen molar-refractivity contribution < 1.29 is 9.53 Å². The number of hydrogen-bond donors (Lipinski definition) is 1. The van der Waals surface area contributed by atoms with Crippen molar-refractivity contribution in [2.75, 3.05) is 26.2 Å². The third kappa shape index (κ3) is 5.91. The summed E-state index contributed by atoms with van der Waals surface area (Å²) >= 11 is 0. The quantitative estimate of drug-likeness (QED) is 0.773. The van der Waals surface area contributed by atoms with E-state index >= 15 is 0 Å². The molecule has 4 heteroatoms. The molecule has 0 saturated carbocycles. The van der Waals surface area contributed by atoms with Gasteiger partial charge in [-0.25, -0.2) is 0 Å². The Hall–Kier alpha value is -2.17. The smallest absolute Gasteiger partial charge is 0.246 e. The minimum atomic E-state index is -0.232. The normalized spacial score (nSPS) is 15.8. The number of carbonyl (C=O) groups is 1. The molecule has 0 radical (unpaired) electrons. The van der Waals surface area contributed by atoms with Crippen molar-refractivity contribution in [2.45, 2.75) is 38.3 Å². The first-order valence-electron chi connectivity index (χ1n) is 9.99. The molecule has 1 aliphatic heterocycles. The van der Waals surface area contributed by atoms with Crippen LogP contribution in [0, 0.1) is 0 Å². The van der Waals surface area contributed by atoms with Crippen LogP contribution in [0.5, 0.6) is 0 Å². The van der Waals surface area contributed by atoms with Crippen LogP contribution in [-0.2, 0) is 9.53 Å². The lowest BCUT2D eigenvalue weighted by molar-refractivity contribution is -0.128. The van der Waals surface area contributed by atoms with Gasteiger partial charge in [0.1, 0.15) is 12.7 Å². The van der Waals surface area contributed by atoms with Crippen molar-refractivity contribution in [2.24, 2.45) is 0 Å². The van der Waals surface area contributed by atoms with Crippen LogP contribution in [0.25, 0.3) is 0 Å². The van der Waals surface area contributed by atoms with Crippen molar-refractivity contribution in [3.63, 3.8) is 0 Å². The zero-order valence-electron chi connectivity index (χ0n) is 16.1. The van der Waals surface area contributed by atoms with E-state index in [1.54, 1.807) is 0 Å². The second-order valence-electron chi connectivity index (χ2n) is 7.20. The van der Waals surface area contributed by atoms with Gasteiger partial charge in [-0.1, -0.05) is 67.6 Å². The van der Waals surface area contributed by atoms with Crippen LogP contribution < -0.4 is 5.32 Å². The largest absolute Gasteiger partial charge is 0.359 e. The molecule has 2 aromatic carbocycles. The molecule has 0 bridgehead atoms. The molecule has 0 atom stereocenters. The Morgan fingerprint density at radius 3 is 2.11 bits per heavy atom. The molecule has 144 valence electrons. The number of amides is 1. The first kappa shape index (κ1) is 19.6. The summed E-state index contributed by atoms with van der Waals surface area (Å²) in [5, 5.41) is 3.15. The Bertz CT molecular complexity index is 643. The van der Waals surface area contributed by atoms with Gasteiger partial charge in [-0.15, -0.1) is 0 Å². The fraction of sp³-hybridized carbons (Fsp3) is 0.435. The SMILES string of the molecule is CCCN1CCC(NC(=O)COC(c2ccccc2)c2ccccc2)CC1. The summed E-state index contributed by atoms with van der Waals surface area (Å²) in [6.07, 6.45) is 2.99. The highest BCUT2D eigenvalue weighted by Gasteiger charge is 2.21. The van der Waals surface area contributed by atoms with E-state index in [1.807, 2.05) is 60.7 Å². The number of nitrogens with one attached hydrogen (secondary N) is 1. The Kier molecular flexibility index (Phi) is 7.43. The topological polar surface area (TPSA) is 41.6 Å². The zero-order valence-corrected chi connectivity index (χ0v) is 16.1. The number of piperidine rings is 1. The summed E-state index contributed by atoms with van der Waals surface area (Å²) < 4.78 is 6.05. The van der Waals surface area contributed by atoms with Crippen molar-refractivity contribution in [1.82, 2.24) is 10.2 Å². The van der Waals surface area contributed by atoms with Crippen molar-refractivity contribution in [3.8, 4) is 0 Å². The predicted octanol–water partition coefficient (Wildman–Crippen LogP) is 3.78. The number of ether oxygens (including phenoxy) is 1. The molecule has 1 aliphatic rings. The van der Waals surface area contributed by atoms with Gasteiger partial charge in [0, 0.05) is 19.1 Å². The third-order valence-corrected chi connectivity index (χ3v) is 5.08. The molecular formula is C23H30N2O2. The van der Waals surface area contributed by atoms with Gasteiger partial charge < -0.3 is 15.0 Å². The predicted molar refractivity (Wildman–Crippen MR) is 109 cm³/mol. The monoisotopic (exact) mass is 366 g/mol. The van der Waals surface area contributed by atoms with Gasteiger partial charge in [0.25, 0.3) is 0 Å². The second kappa shape index (κ2) is 10.2. The number of benzene rings is 2. The average Bonchev–Trinajstić information content (AvgIpc) is 2.71. The lowest BCUT2D eigenvalue weighted by atomic mass is 10.0. The number of rotatable bonds is 8. The molecule has 27 heavy (non-hydrogen) atoms. The van der Waals surface area contributed by atoms with E-state index in [0.717, 1.165) is 43.6 Å². The van der Waals surface area contributed by atoms with Crippen LogP contribution in [0.4, 0.5) is 0 Å². The number of carbonyl (C=O) groups excluding carboxylic acids is 1. The summed E-state index contributed by atoms with van der Waals surface area (Å²) in [7, 11) is 0. The van der Waals surface area contributed by atoms with Gasteiger partial charge in [0.15, 0.2) is 0 Å². The van der Waals surface area contributed by atoms with E-state index in [4.69, 9.17) is 4.74 Å². The summed E-state index contributed by atoms with van der Waals surface area (Å²) in [5.41, 5.74) is 2.12. The van der Waals surface area contributed by atoms with Crippen molar-refractivity contribution in [3.05, 3.63) is 71.8 Å². The van der Waals surface area contributed by atoms with E-state index < -0.39 is 0 Å². The molecular weight excluding hydrogens is 336 g/mol. The molecule has 4 nitrogen and oxygen atoms in total. The van der Waals surface area contributed by atoms with Gasteiger partial charge in [0.2, 0.25) is 5.91 Å². The zero-order chi connectivity index (χ0) is 18.9. The van der Waals surface area contributed by atoms with Gasteiger partial charge in [-0.2, -0.15) is 0 Å². The molecule has 0 aliphatic carbocycles. The van der Waals surface area contributed by atoms with Gasteiger partial charge in [0.05, 0.1) is 0 Å². The van der Waals surface area contributed by atoms with Crippen molar-refractivity contribution in [1.29, 1.82) is 0 Å². The van der Waals surface area contributed by atoms with E-state index in [0.29, 0.717) is 0 Å². The molecule has 1 N–H and O–H groups in total. The first-order valence-corrected chi connectivity index (χ1v) is 9.99. The molecule has 3 rings (SSSR count). The molecule has 1 saturated heterocycles. The highest BCUT2D eigenvalue weighted by atomic mass is 16.5. The molecule has 1 heterocycles. The van der Waals surface area contributed by atoms with Gasteiger partial charge >= 0.3 is 0 Å². The molecule has 1 amide bonds. The van der Waals surface area contributed by atoms with E-state index in [-0.39, 0.29) is 24.7 Å². The summed E-state index contributed by atoms with van der Waals surface area (Å²) in [6, 6.07) is 20.4. The Morgan fingerprint density at radius 2 is 1.59 bits per heavy atom. The summed E-state index contributed by atoms with van der Waals surface area (Å²) in [4.78, 5) is 14.9. The Morgan fingerprint density at radius 1 is 1.04 bits per heavy atom. The fourth-order valence-corrected chi connectivity index (χ4v) is 3.69. The molecule has 2 aromatic rings. The van der Waals surface area contributed by atoms with Crippen LogP contribution >= 0.6 is 0 Å². The summed E-state index contributed by atoms with van der Waals surface area (Å²) in [5.74, 6) is -0.0270. The van der Waals surface area contributed by atoms with Crippen LogP contribution in [-0.4, -0.2) is 43.1 Å². The minimum absolute atomic E-state index is 0.0270. The molecule has 0 unspecified atom stereocenters. The van der Waals surface area contributed by atoms with E-state index in [9.17, 15) is 4.79 Å². The van der Waals surface area contributed by atoms with Gasteiger partial charge in [-0.3, -0.25) is 4.79 Å². The van der Waals surface area contributed by atoms with Crippen LogP contribution in [0.1, 0.15) is 43.4 Å². The van der Waals surface area contributed by atoms with Crippen LogP contribution in [0.2, 0.25) is 0 Å². The van der Waals surface area contributed by atoms with Crippen LogP contribution in [0.15, 0.2) is 60.7 Å². The van der Waals surface area contributed by atoms with Crippen LogP contribution in [0.3, 0.4) is 0 Å². The highest BCUT2D eigenvalue weighted by molar-refractivity contribution is 5.77. The standard InChI is InChI=1S/C23H30N2O2/c1-2-15-25-16-13-21(14-17-25)24-22(26)18-27-23(19-9-5-3-6-10-19)20-11-7-4-8-12-20/h3-12,21,23H,2,13-18H2,1H3,(H,24,26). The maximum Gasteiger partial charge on any atom is 0.246 e. The first-order chi connectivity index (χ1) is 13.3. The maximum atomic E-state index is 12.4. The van der Waals surface area contributed by atoms with E-state index in [2.05, 4.69) is 17.1 Å². The minimum Gasteiger partial charge on any atom is -0.359 e. The second-order valence-corrected chi connectivity index (χ2v) is 7.20. The average molecular weight is 367 g/mol. The fourth-order valence-electron chi connectivity index (χ4n) is 3.69. The lowest BCUT2D eigenvalue weighted by Gasteiger charge is -2.32. The highest BCUT2D eigenvalue weighted by Crippen LogP contribution is 2.25. The van der Waals surface area contributed by atoms with Gasteiger partial charge in [-0.05, 0) is 36.9 Å². The molecule has 0 aromatic heterocycles. The molecule has 1 fully saturated rings. The summed E-state index contributed by atoms with van der Waals surface area (Å²) in [6.45, 7) is 5.57. The molecule has 0 spiro atoms. The lowest BCUT2D eigenvalue weighted by Crippen LogP contribution is -2.45. The third-order valence-electron chi connectivity index (χ3n) is 5.08.